The lowest BCUT2D eigenvalue weighted by atomic mass is 10.5. The Morgan fingerprint density at radius 2 is 2.54 bits per heavy atom. The fourth-order valence-corrected chi connectivity index (χ4v) is 0.918. The van der Waals surface area contributed by atoms with Gasteiger partial charge in [0.05, 0.1) is 6.61 Å². The second kappa shape index (κ2) is 4.39. The highest BCUT2D eigenvalue weighted by atomic mass is 16.5. The van der Waals surface area contributed by atoms with Crippen molar-refractivity contribution < 1.29 is 14.3 Å². The minimum absolute atomic E-state index is 0.0297. The van der Waals surface area contributed by atoms with Crippen molar-refractivity contribution in [1.82, 2.24) is 9.55 Å². The highest BCUT2D eigenvalue weighted by Crippen LogP contribution is 1.94. The molecule has 0 bridgehead atoms. The molecule has 1 rings (SSSR count). The Morgan fingerprint density at radius 3 is 3.15 bits per heavy atom. The van der Waals surface area contributed by atoms with Crippen LogP contribution in [0.1, 0.15) is 17.5 Å². The largest absolute Gasteiger partial charge is 0.465 e. The van der Waals surface area contributed by atoms with E-state index < -0.39 is 0 Å². The number of ether oxygens (including phenoxy) is 1. The summed E-state index contributed by atoms with van der Waals surface area (Å²) < 4.78 is 6.15. The van der Waals surface area contributed by atoms with E-state index in [2.05, 4.69) is 4.98 Å². The summed E-state index contributed by atoms with van der Waals surface area (Å²) in [5, 5.41) is 0. The Labute approximate surface area is 75.3 Å². The third-order valence-corrected chi connectivity index (χ3v) is 1.46. The first-order valence-corrected chi connectivity index (χ1v) is 3.90. The zero-order valence-electron chi connectivity index (χ0n) is 7.27. The van der Waals surface area contributed by atoms with Gasteiger partial charge in [0.25, 0.3) is 0 Å². The molecule has 0 saturated heterocycles. The van der Waals surface area contributed by atoms with Gasteiger partial charge in [-0.25, -0.2) is 4.98 Å². The van der Waals surface area contributed by atoms with Crippen LogP contribution in [0.25, 0.3) is 0 Å². The summed E-state index contributed by atoms with van der Waals surface area (Å²) >= 11 is 0. The number of nitrogens with zero attached hydrogens (tertiary/aromatic N) is 2. The number of carbonyl (C=O) groups excluding carboxylic acids is 2. The molecule has 70 valence electrons. The lowest BCUT2D eigenvalue weighted by molar-refractivity contribution is -0.143. The Kier molecular flexibility index (Phi) is 3.19. The molecule has 0 saturated carbocycles. The van der Waals surface area contributed by atoms with Crippen molar-refractivity contribution in [3.8, 4) is 0 Å². The van der Waals surface area contributed by atoms with Crippen molar-refractivity contribution in [3.63, 3.8) is 0 Å². The molecular weight excluding hydrogens is 172 g/mol. The first-order valence-electron chi connectivity index (χ1n) is 3.90. The maximum Gasteiger partial charge on any atom is 0.326 e. The topological polar surface area (TPSA) is 61.2 Å². The normalized spacial score (nSPS) is 9.62. The number of hydrogen-bond acceptors (Lipinski definition) is 4. The van der Waals surface area contributed by atoms with Gasteiger partial charge in [0.2, 0.25) is 0 Å². The highest BCUT2D eigenvalue weighted by molar-refractivity contribution is 5.73. The van der Waals surface area contributed by atoms with Crippen LogP contribution >= 0.6 is 0 Å². The van der Waals surface area contributed by atoms with E-state index in [1.54, 1.807) is 13.1 Å². The first kappa shape index (κ1) is 9.44. The maximum absolute atomic E-state index is 11.0. The Morgan fingerprint density at radius 1 is 1.77 bits per heavy atom. The molecule has 0 unspecified atom stereocenters. The van der Waals surface area contributed by atoms with Crippen LogP contribution < -0.4 is 0 Å². The quantitative estimate of drug-likeness (QED) is 0.495. The first-order chi connectivity index (χ1) is 6.27. The summed E-state index contributed by atoms with van der Waals surface area (Å²) in [5.74, 6) is -0.142. The molecule has 0 radical (unpaired) electrons. The minimum atomic E-state index is -0.372. The van der Waals surface area contributed by atoms with E-state index in [-0.39, 0.29) is 18.3 Å². The zero-order valence-corrected chi connectivity index (χ0v) is 7.27. The van der Waals surface area contributed by atoms with Crippen molar-refractivity contribution in [3.05, 3.63) is 18.2 Å². The van der Waals surface area contributed by atoms with E-state index in [1.807, 2.05) is 0 Å². The predicted molar refractivity (Wildman–Crippen MR) is 44.2 cm³/mol. The monoisotopic (exact) mass is 182 g/mol. The minimum Gasteiger partial charge on any atom is -0.465 e. The second-order valence-electron chi connectivity index (χ2n) is 2.34. The summed E-state index contributed by atoms with van der Waals surface area (Å²) in [5.41, 5.74) is 0. The van der Waals surface area contributed by atoms with E-state index in [4.69, 9.17) is 4.74 Å². The number of aldehydes is 1. The van der Waals surface area contributed by atoms with Gasteiger partial charge in [-0.3, -0.25) is 9.59 Å². The van der Waals surface area contributed by atoms with E-state index in [1.165, 1.54) is 10.8 Å². The molecule has 1 heterocycles. The Balaban J connectivity index is 2.62. The summed E-state index contributed by atoms with van der Waals surface area (Å²) in [6, 6.07) is 0. The van der Waals surface area contributed by atoms with Gasteiger partial charge in [-0.05, 0) is 6.92 Å². The molecule has 5 heteroatoms. The van der Waals surface area contributed by atoms with Crippen LogP contribution in [0, 0.1) is 0 Å². The van der Waals surface area contributed by atoms with Crippen molar-refractivity contribution in [1.29, 1.82) is 0 Å². The van der Waals surface area contributed by atoms with Gasteiger partial charge in [0.15, 0.2) is 12.1 Å². The van der Waals surface area contributed by atoms with Gasteiger partial charge >= 0.3 is 5.97 Å². The average molecular weight is 182 g/mol. The molecule has 0 aliphatic heterocycles. The molecule has 1 aromatic heterocycles. The smallest absolute Gasteiger partial charge is 0.326 e. The summed E-state index contributed by atoms with van der Waals surface area (Å²) in [7, 11) is 0. The molecule has 0 fully saturated rings. The van der Waals surface area contributed by atoms with Gasteiger partial charge in [-0.2, -0.15) is 0 Å². The van der Waals surface area contributed by atoms with Gasteiger partial charge in [-0.15, -0.1) is 0 Å². The van der Waals surface area contributed by atoms with Gasteiger partial charge in [0.1, 0.15) is 6.54 Å². The summed E-state index contributed by atoms with van der Waals surface area (Å²) in [6.07, 6.45) is 3.61. The van der Waals surface area contributed by atoms with Crippen LogP contribution in [-0.2, 0) is 16.1 Å². The van der Waals surface area contributed by atoms with Gasteiger partial charge < -0.3 is 9.30 Å². The van der Waals surface area contributed by atoms with Crippen molar-refractivity contribution in [2.24, 2.45) is 0 Å². The van der Waals surface area contributed by atoms with E-state index in [9.17, 15) is 9.59 Å². The molecule has 1 aromatic rings. The molecule has 0 aliphatic carbocycles. The highest BCUT2D eigenvalue weighted by Gasteiger charge is 2.06. The number of carbonyl (C=O) groups is 2. The predicted octanol–water partition coefficient (Wildman–Crippen LogP) is 0.259. The maximum atomic E-state index is 11.0. The fourth-order valence-electron chi connectivity index (χ4n) is 0.918. The molecule has 0 N–H and O–H groups in total. The van der Waals surface area contributed by atoms with Crippen LogP contribution in [0.2, 0.25) is 0 Å². The standard InChI is InChI=1S/C8H10N2O3/c1-2-13-8(12)5-10-4-3-9-7(10)6-11/h3-4,6H,2,5H2,1H3. The molecular formula is C8H10N2O3. The average Bonchev–Trinajstić information content (AvgIpc) is 2.52. The molecule has 0 atom stereocenters. The third kappa shape index (κ3) is 2.40. The fraction of sp³-hybridized carbons (Fsp3) is 0.375. The Hall–Kier alpha value is -1.65. The number of esters is 1. The molecule has 0 amide bonds. The van der Waals surface area contributed by atoms with Crippen molar-refractivity contribution in [2.45, 2.75) is 13.5 Å². The van der Waals surface area contributed by atoms with Crippen LogP contribution in [0.15, 0.2) is 12.4 Å². The van der Waals surface area contributed by atoms with Crippen LogP contribution in [0.4, 0.5) is 0 Å². The SMILES string of the molecule is CCOC(=O)Cn1ccnc1C=O. The number of aromatic nitrogens is 2. The number of imidazole rings is 1. The van der Waals surface area contributed by atoms with E-state index in [0.29, 0.717) is 12.9 Å². The van der Waals surface area contributed by atoms with Gasteiger partial charge in [0, 0.05) is 12.4 Å². The molecule has 0 spiro atoms. The summed E-state index contributed by atoms with van der Waals surface area (Å²) in [6.45, 7) is 2.10. The van der Waals surface area contributed by atoms with Crippen molar-refractivity contribution in [2.75, 3.05) is 6.61 Å². The molecule has 5 nitrogen and oxygen atoms in total. The van der Waals surface area contributed by atoms with Crippen LogP contribution in [-0.4, -0.2) is 28.4 Å². The molecule has 0 aliphatic rings. The number of hydrogen-bond donors (Lipinski definition) is 0. The number of rotatable bonds is 4. The molecule has 13 heavy (non-hydrogen) atoms. The molecule has 0 aromatic carbocycles. The zero-order chi connectivity index (χ0) is 9.68. The Bertz CT molecular complexity index is 306. The van der Waals surface area contributed by atoms with Gasteiger partial charge in [-0.1, -0.05) is 0 Å². The summed E-state index contributed by atoms with van der Waals surface area (Å²) in [4.78, 5) is 25.1. The van der Waals surface area contributed by atoms with E-state index >= 15 is 0 Å². The van der Waals surface area contributed by atoms with Crippen LogP contribution in [0.3, 0.4) is 0 Å². The second-order valence-corrected chi connectivity index (χ2v) is 2.34. The van der Waals surface area contributed by atoms with E-state index in [0.717, 1.165) is 0 Å². The lowest BCUT2D eigenvalue weighted by Gasteiger charge is -2.02. The van der Waals surface area contributed by atoms with Crippen LogP contribution in [0.5, 0.6) is 0 Å². The lowest BCUT2D eigenvalue weighted by Crippen LogP contribution is -2.14. The van der Waals surface area contributed by atoms with Crippen molar-refractivity contribution >= 4 is 12.3 Å². The third-order valence-electron chi connectivity index (χ3n) is 1.46.